The zero-order chi connectivity index (χ0) is 23.1. The minimum absolute atomic E-state index is 0.0596. The van der Waals surface area contributed by atoms with Crippen molar-refractivity contribution in [3.05, 3.63) is 12.2 Å². The van der Waals surface area contributed by atoms with Crippen LogP contribution in [0, 0.1) is 23.7 Å². The van der Waals surface area contributed by atoms with Gasteiger partial charge in [-0.05, 0) is 51.4 Å². The lowest BCUT2D eigenvalue weighted by Crippen LogP contribution is -2.50. The van der Waals surface area contributed by atoms with Crippen molar-refractivity contribution in [2.45, 2.75) is 83.7 Å². The minimum Gasteiger partial charge on any atom is -0.466 e. The average Bonchev–Trinajstić information content (AvgIpc) is 3.08. The number of fused-ring (bicyclic) bond motifs is 1. The standard InChI is InChI=1S/C25H40N2O5/c1-3-17-13-14-19-21(20(17)25(31)32-4-2)24(30)27(15-9-6-10-16-28)22(19)23(29)26-18-11-7-5-8-12-18/h13-14,17-22,28H,3-12,15-16H2,1-2H3,(H,26,29)/t17-,19+,20-,21+,22+/m1/s1. The molecule has 1 saturated heterocycles. The number of carbonyl (C=O) groups is 3. The number of aliphatic hydroxyl groups is 1. The minimum atomic E-state index is -0.588. The molecule has 32 heavy (non-hydrogen) atoms. The Morgan fingerprint density at radius 3 is 2.53 bits per heavy atom. The van der Waals surface area contributed by atoms with Gasteiger partial charge in [-0.3, -0.25) is 14.4 Å². The van der Waals surface area contributed by atoms with Gasteiger partial charge in [-0.2, -0.15) is 0 Å². The Hall–Kier alpha value is -1.89. The van der Waals surface area contributed by atoms with Gasteiger partial charge in [0.2, 0.25) is 11.8 Å². The molecule has 0 unspecified atom stereocenters. The van der Waals surface area contributed by atoms with Gasteiger partial charge in [0.05, 0.1) is 18.4 Å². The van der Waals surface area contributed by atoms with Crippen molar-refractivity contribution >= 4 is 17.8 Å². The fourth-order valence-electron chi connectivity index (χ4n) is 5.79. The molecule has 0 aromatic rings. The topological polar surface area (TPSA) is 95.9 Å². The number of rotatable bonds is 10. The normalized spacial score (nSPS) is 30.3. The van der Waals surface area contributed by atoms with Crippen LogP contribution in [0.15, 0.2) is 12.2 Å². The molecule has 1 heterocycles. The van der Waals surface area contributed by atoms with Crippen LogP contribution in [0.25, 0.3) is 0 Å². The molecule has 3 aliphatic rings. The molecule has 0 bridgehead atoms. The number of esters is 1. The summed E-state index contributed by atoms with van der Waals surface area (Å²) in [5.74, 6) is -2.01. The largest absolute Gasteiger partial charge is 0.466 e. The molecule has 7 nitrogen and oxygen atoms in total. The van der Waals surface area contributed by atoms with Crippen molar-refractivity contribution in [2.75, 3.05) is 19.8 Å². The third-order valence-electron chi connectivity index (χ3n) is 7.42. The summed E-state index contributed by atoms with van der Waals surface area (Å²) in [6.07, 6.45) is 12.4. The van der Waals surface area contributed by atoms with Gasteiger partial charge in [-0.25, -0.2) is 0 Å². The van der Waals surface area contributed by atoms with Gasteiger partial charge < -0.3 is 20.1 Å². The van der Waals surface area contributed by atoms with E-state index in [2.05, 4.69) is 5.32 Å². The third kappa shape index (κ3) is 5.36. The number of hydrogen-bond donors (Lipinski definition) is 2. The molecule has 2 amide bonds. The predicted octanol–water partition coefficient (Wildman–Crippen LogP) is 2.82. The van der Waals surface area contributed by atoms with Gasteiger partial charge in [-0.1, -0.05) is 38.3 Å². The van der Waals surface area contributed by atoms with Crippen LogP contribution in [-0.4, -0.2) is 59.6 Å². The van der Waals surface area contributed by atoms with Crippen LogP contribution in [0.4, 0.5) is 0 Å². The van der Waals surface area contributed by atoms with E-state index in [1.54, 1.807) is 11.8 Å². The summed E-state index contributed by atoms with van der Waals surface area (Å²) in [7, 11) is 0. The second kappa shape index (κ2) is 11.8. The highest BCUT2D eigenvalue weighted by atomic mass is 16.5. The zero-order valence-corrected chi connectivity index (χ0v) is 19.6. The van der Waals surface area contributed by atoms with Gasteiger partial charge in [0, 0.05) is 25.1 Å². The molecule has 5 atom stereocenters. The molecule has 0 aromatic heterocycles. The summed E-state index contributed by atoms with van der Waals surface area (Å²) in [4.78, 5) is 41.7. The van der Waals surface area contributed by atoms with Crippen molar-refractivity contribution in [3.63, 3.8) is 0 Å². The first-order valence-electron chi connectivity index (χ1n) is 12.6. The van der Waals surface area contributed by atoms with Crippen LogP contribution in [0.5, 0.6) is 0 Å². The molecule has 2 fully saturated rings. The van der Waals surface area contributed by atoms with Crippen LogP contribution in [0.2, 0.25) is 0 Å². The van der Waals surface area contributed by atoms with Crippen molar-refractivity contribution in [1.29, 1.82) is 0 Å². The number of nitrogens with zero attached hydrogens (tertiary/aromatic N) is 1. The van der Waals surface area contributed by atoms with E-state index in [9.17, 15) is 14.4 Å². The molecule has 0 aromatic carbocycles. The van der Waals surface area contributed by atoms with Crippen LogP contribution in [0.1, 0.15) is 71.6 Å². The molecule has 180 valence electrons. The lowest BCUT2D eigenvalue weighted by molar-refractivity contribution is -0.155. The summed E-state index contributed by atoms with van der Waals surface area (Å²) in [6, 6.07) is -0.423. The number of aliphatic hydroxyl groups excluding tert-OH is 1. The monoisotopic (exact) mass is 448 g/mol. The second-order valence-electron chi connectivity index (χ2n) is 9.44. The van der Waals surface area contributed by atoms with Crippen molar-refractivity contribution in [3.8, 4) is 0 Å². The van der Waals surface area contributed by atoms with E-state index in [4.69, 9.17) is 9.84 Å². The second-order valence-corrected chi connectivity index (χ2v) is 9.44. The Morgan fingerprint density at radius 2 is 1.88 bits per heavy atom. The highest BCUT2D eigenvalue weighted by Crippen LogP contribution is 2.45. The molecule has 2 aliphatic carbocycles. The molecule has 0 spiro atoms. The molecular weight excluding hydrogens is 408 g/mol. The molecular formula is C25H40N2O5. The summed E-state index contributed by atoms with van der Waals surface area (Å²) < 4.78 is 5.36. The molecule has 1 aliphatic heterocycles. The number of likely N-dealkylation sites (tertiary alicyclic amines) is 1. The summed E-state index contributed by atoms with van der Waals surface area (Å²) in [5, 5.41) is 12.3. The number of unbranched alkanes of at least 4 members (excludes halogenated alkanes) is 2. The Balaban J connectivity index is 1.86. The Bertz CT molecular complexity index is 688. The number of amides is 2. The first-order valence-corrected chi connectivity index (χ1v) is 12.6. The molecule has 3 rings (SSSR count). The smallest absolute Gasteiger partial charge is 0.310 e. The maximum absolute atomic E-state index is 13.6. The quantitative estimate of drug-likeness (QED) is 0.304. The fourth-order valence-corrected chi connectivity index (χ4v) is 5.79. The molecule has 2 N–H and O–H groups in total. The van der Waals surface area contributed by atoms with E-state index in [1.165, 1.54) is 6.42 Å². The lowest BCUT2D eigenvalue weighted by Gasteiger charge is -2.34. The van der Waals surface area contributed by atoms with E-state index < -0.39 is 17.9 Å². The van der Waals surface area contributed by atoms with Crippen LogP contribution >= 0.6 is 0 Å². The SMILES string of the molecule is CCOC(=O)[C@H]1[C@H]2C(=O)N(CCCCCO)[C@H](C(=O)NC3CCCCC3)[C@H]2C=C[C@H]1CC. The highest BCUT2D eigenvalue weighted by Gasteiger charge is 2.57. The van der Waals surface area contributed by atoms with Crippen molar-refractivity contribution in [2.24, 2.45) is 23.7 Å². The van der Waals surface area contributed by atoms with Gasteiger partial charge in [0.25, 0.3) is 0 Å². The van der Waals surface area contributed by atoms with Gasteiger partial charge >= 0.3 is 5.97 Å². The average molecular weight is 449 g/mol. The summed E-state index contributed by atoms with van der Waals surface area (Å²) in [5.41, 5.74) is 0. The fraction of sp³-hybridized carbons (Fsp3) is 0.800. The first kappa shape index (κ1) is 24.7. The lowest BCUT2D eigenvalue weighted by atomic mass is 9.69. The summed E-state index contributed by atoms with van der Waals surface area (Å²) in [6.45, 7) is 4.66. The maximum Gasteiger partial charge on any atom is 0.310 e. The highest BCUT2D eigenvalue weighted by molar-refractivity contribution is 5.96. The first-order chi connectivity index (χ1) is 15.5. The van der Waals surface area contributed by atoms with Crippen LogP contribution in [-0.2, 0) is 19.1 Å². The zero-order valence-electron chi connectivity index (χ0n) is 19.6. The molecule has 0 radical (unpaired) electrons. The van der Waals surface area contributed by atoms with Crippen molar-refractivity contribution in [1.82, 2.24) is 10.2 Å². The van der Waals surface area contributed by atoms with Gasteiger partial charge in [-0.15, -0.1) is 0 Å². The summed E-state index contributed by atoms with van der Waals surface area (Å²) >= 11 is 0. The van der Waals surface area contributed by atoms with E-state index >= 15 is 0 Å². The molecule has 1 saturated carbocycles. The predicted molar refractivity (Wildman–Crippen MR) is 121 cm³/mol. The maximum atomic E-state index is 13.6. The molecule has 7 heteroatoms. The van der Waals surface area contributed by atoms with Crippen LogP contribution < -0.4 is 5.32 Å². The van der Waals surface area contributed by atoms with Crippen LogP contribution in [0.3, 0.4) is 0 Å². The van der Waals surface area contributed by atoms with E-state index in [0.717, 1.165) is 44.9 Å². The van der Waals surface area contributed by atoms with E-state index in [0.29, 0.717) is 13.0 Å². The Labute approximate surface area is 191 Å². The van der Waals surface area contributed by atoms with Gasteiger partial charge in [0.1, 0.15) is 6.04 Å². The number of hydrogen-bond acceptors (Lipinski definition) is 5. The number of nitrogens with one attached hydrogen (secondary N) is 1. The Morgan fingerprint density at radius 1 is 1.12 bits per heavy atom. The third-order valence-corrected chi connectivity index (χ3v) is 7.42. The van der Waals surface area contributed by atoms with E-state index in [1.807, 2.05) is 19.1 Å². The number of allylic oxidation sites excluding steroid dienone is 1. The van der Waals surface area contributed by atoms with Crippen molar-refractivity contribution < 1.29 is 24.2 Å². The Kier molecular flexibility index (Phi) is 9.14. The number of ether oxygens (including phenoxy) is 1. The van der Waals surface area contributed by atoms with E-state index in [-0.39, 0.29) is 48.9 Å². The van der Waals surface area contributed by atoms with Gasteiger partial charge in [0.15, 0.2) is 0 Å². The number of carbonyl (C=O) groups excluding carboxylic acids is 3.